The van der Waals surface area contributed by atoms with Crippen LogP contribution in [0, 0.1) is 6.92 Å². The van der Waals surface area contributed by atoms with Crippen LogP contribution in [-0.2, 0) is 0 Å². The molecule has 4 heteroatoms. The second-order valence-corrected chi connectivity index (χ2v) is 6.67. The number of rotatable bonds is 1. The van der Waals surface area contributed by atoms with Crippen LogP contribution in [0.25, 0.3) is 22.1 Å². The number of para-hydroxylation sites is 2. The summed E-state index contributed by atoms with van der Waals surface area (Å²) in [5.41, 5.74) is 6.37. The molecule has 0 unspecified atom stereocenters. The van der Waals surface area contributed by atoms with E-state index in [9.17, 15) is 0 Å². The Morgan fingerprint density at radius 2 is 1.76 bits per heavy atom. The van der Waals surface area contributed by atoms with Crippen molar-refractivity contribution in [3.05, 3.63) is 60.3 Å². The van der Waals surface area contributed by atoms with Gasteiger partial charge >= 0.3 is 0 Å². The van der Waals surface area contributed by atoms with Crippen LogP contribution < -0.4 is 9.80 Å². The van der Waals surface area contributed by atoms with E-state index in [0.29, 0.717) is 5.71 Å². The van der Waals surface area contributed by atoms with Crippen LogP contribution in [0.4, 0.5) is 17.1 Å². The zero-order valence-electron chi connectivity index (χ0n) is 14.5. The Labute approximate surface area is 146 Å². The third-order valence-electron chi connectivity index (χ3n) is 5.29. The molecule has 0 N–H and O–H groups in total. The van der Waals surface area contributed by atoms with Gasteiger partial charge in [-0.15, -0.1) is 0 Å². The van der Waals surface area contributed by atoms with E-state index >= 15 is 0 Å². The molecule has 1 atom stereocenters. The van der Waals surface area contributed by atoms with Gasteiger partial charge in [-0.3, -0.25) is 0 Å². The van der Waals surface area contributed by atoms with E-state index in [4.69, 9.17) is 4.42 Å². The van der Waals surface area contributed by atoms with Crippen molar-refractivity contribution in [2.24, 2.45) is 0 Å². The van der Waals surface area contributed by atoms with Crippen molar-refractivity contribution in [1.82, 2.24) is 4.98 Å². The summed E-state index contributed by atoms with van der Waals surface area (Å²) >= 11 is 0. The first-order valence-corrected chi connectivity index (χ1v) is 8.55. The summed E-state index contributed by atoms with van der Waals surface area (Å²) in [6, 6.07) is 16.9. The number of aryl methyl sites for hydroxylation is 1. The van der Waals surface area contributed by atoms with Crippen LogP contribution in [-0.4, -0.2) is 18.2 Å². The third kappa shape index (κ3) is 1.85. The van der Waals surface area contributed by atoms with Crippen molar-refractivity contribution in [3.63, 3.8) is 0 Å². The van der Waals surface area contributed by atoms with Gasteiger partial charge in [0, 0.05) is 24.0 Å². The Kier molecular flexibility index (Phi) is 2.86. The van der Waals surface area contributed by atoms with Crippen molar-refractivity contribution in [2.45, 2.75) is 20.0 Å². The Morgan fingerprint density at radius 3 is 2.60 bits per heavy atom. The summed E-state index contributed by atoms with van der Waals surface area (Å²) in [5.74, 6) is 0. The molecule has 1 aliphatic heterocycles. The maximum absolute atomic E-state index is 6.20. The molecule has 1 aliphatic rings. The fraction of sp³-hybridized carbons (Fsp3) is 0.190. The van der Waals surface area contributed by atoms with Crippen molar-refractivity contribution in [3.8, 4) is 0 Å². The van der Waals surface area contributed by atoms with Gasteiger partial charge in [-0.25, -0.2) is 4.98 Å². The number of benzene rings is 2. The second-order valence-electron chi connectivity index (χ2n) is 6.67. The zero-order valence-corrected chi connectivity index (χ0v) is 14.5. The van der Waals surface area contributed by atoms with Crippen molar-refractivity contribution >= 4 is 39.1 Å². The summed E-state index contributed by atoms with van der Waals surface area (Å²) in [6.45, 7) is 4.36. The third-order valence-corrected chi connectivity index (χ3v) is 5.29. The zero-order chi connectivity index (χ0) is 17.1. The number of fused-ring (bicyclic) bond motifs is 4. The fourth-order valence-electron chi connectivity index (χ4n) is 3.91. The standard InChI is InChI=1S/C21H19N3O/c1-13-10-11-15-16-7-6-12-22-21(16)25-20(15)19(13)24-14(2)23(3)17-8-4-5-9-18(17)24/h4-12,14H,1-3H3/t14-/m0/s1. The number of hydrogen-bond donors (Lipinski definition) is 0. The molecule has 0 bridgehead atoms. The first-order chi connectivity index (χ1) is 12.2. The predicted molar refractivity (Wildman–Crippen MR) is 103 cm³/mol. The number of furan rings is 1. The topological polar surface area (TPSA) is 32.5 Å². The van der Waals surface area contributed by atoms with Gasteiger partial charge in [0.1, 0.15) is 6.17 Å². The summed E-state index contributed by atoms with van der Waals surface area (Å²) in [7, 11) is 2.14. The summed E-state index contributed by atoms with van der Waals surface area (Å²) in [4.78, 5) is 9.07. The maximum Gasteiger partial charge on any atom is 0.227 e. The van der Waals surface area contributed by atoms with Gasteiger partial charge in [0.15, 0.2) is 5.58 Å². The van der Waals surface area contributed by atoms with Crippen LogP contribution in [0.15, 0.2) is 59.1 Å². The summed E-state index contributed by atoms with van der Waals surface area (Å²) in [6.07, 6.45) is 1.99. The van der Waals surface area contributed by atoms with Crippen LogP contribution in [0.1, 0.15) is 12.5 Å². The molecule has 124 valence electrons. The molecule has 0 saturated carbocycles. The van der Waals surface area contributed by atoms with E-state index in [1.807, 2.05) is 6.07 Å². The van der Waals surface area contributed by atoms with Gasteiger partial charge < -0.3 is 14.2 Å². The Bertz CT molecular complexity index is 1110. The van der Waals surface area contributed by atoms with Crippen LogP contribution >= 0.6 is 0 Å². The van der Waals surface area contributed by atoms with Crippen LogP contribution in [0.2, 0.25) is 0 Å². The molecule has 2 aromatic heterocycles. The van der Waals surface area contributed by atoms with Gasteiger partial charge in [0.25, 0.3) is 0 Å². The number of anilines is 3. The average Bonchev–Trinajstić information content (AvgIpc) is 3.12. The highest BCUT2D eigenvalue weighted by Crippen LogP contribution is 2.47. The lowest BCUT2D eigenvalue weighted by molar-refractivity contribution is 0.648. The monoisotopic (exact) mass is 329 g/mol. The van der Waals surface area contributed by atoms with Gasteiger partial charge in [-0.2, -0.15) is 0 Å². The Hall–Kier alpha value is -3.01. The van der Waals surface area contributed by atoms with Gasteiger partial charge in [0.2, 0.25) is 5.71 Å². The molecule has 0 amide bonds. The molecule has 25 heavy (non-hydrogen) atoms. The molecule has 0 saturated heterocycles. The molecule has 3 heterocycles. The highest BCUT2D eigenvalue weighted by molar-refractivity contribution is 6.09. The maximum atomic E-state index is 6.20. The van der Waals surface area contributed by atoms with Gasteiger partial charge in [-0.05, 0) is 43.7 Å². The molecule has 0 fully saturated rings. The molecular weight excluding hydrogens is 310 g/mol. The Balaban J connectivity index is 1.85. The van der Waals surface area contributed by atoms with E-state index in [0.717, 1.165) is 22.0 Å². The molecule has 5 rings (SSSR count). The van der Waals surface area contributed by atoms with Crippen molar-refractivity contribution < 1.29 is 4.42 Å². The van der Waals surface area contributed by atoms with Crippen LogP contribution in [0.5, 0.6) is 0 Å². The molecule has 0 radical (unpaired) electrons. The lowest BCUT2D eigenvalue weighted by Gasteiger charge is -2.29. The van der Waals surface area contributed by atoms with E-state index < -0.39 is 0 Å². The van der Waals surface area contributed by atoms with Gasteiger partial charge in [-0.1, -0.05) is 24.3 Å². The van der Waals surface area contributed by atoms with Crippen molar-refractivity contribution in [2.75, 3.05) is 16.8 Å². The summed E-state index contributed by atoms with van der Waals surface area (Å²) < 4.78 is 6.20. The van der Waals surface area contributed by atoms with Gasteiger partial charge in [0.05, 0.1) is 17.1 Å². The average molecular weight is 329 g/mol. The first kappa shape index (κ1) is 14.3. The lowest BCUT2D eigenvalue weighted by Crippen LogP contribution is -2.36. The minimum Gasteiger partial charge on any atom is -0.435 e. The molecule has 4 nitrogen and oxygen atoms in total. The van der Waals surface area contributed by atoms with E-state index in [-0.39, 0.29) is 6.17 Å². The molecular formula is C21H19N3O. The SMILES string of the molecule is Cc1ccc2c(oc3ncccc32)c1N1c2ccccc2N(C)[C@@H]1C. The fourth-order valence-corrected chi connectivity index (χ4v) is 3.91. The van der Waals surface area contributed by atoms with E-state index in [1.165, 1.54) is 16.9 Å². The lowest BCUT2D eigenvalue weighted by atomic mass is 10.1. The minimum absolute atomic E-state index is 0.211. The molecule has 0 aliphatic carbocycles. The normalized spacial score (nSPS) is 16.8. The Morgan fingerprint density at radius 1 is 0.960 bits per heavy atom. The highest BCUT2D eigenvalue weighted by atomic mass is 16.3. The quantitative estimate of drug-likeness (QED) is 0.479. The number of pyridine rings is 1. The second kappa shape index (κ2) is 4.99. The number of nitrogens with zero attached hydrogens (tertiary/aromatic N) is 3. The van der Waals surface area contributed by atoms with Crippen molar-refractivity contribution in [1.29, 1.82) is 0 Å². The first-order valence-electron chi connectivity index (χ1n) is 8.55. The number of aromatic nitrogens is 1. The smallest absolute Gasteiger partial charge is 0.227 e. The predicted octanol–water partition coefficient (Wildman–Crippen LogP) is 5.22. The van der Waals surface area contributed by atoms with E-state index in [1.54, 1.807) is 6.20 Å². The molecule has 0 spiro atoms. The summed E-state index contributed by atoms with van der Waals surface area (Å²) in [5, 5.41) is 2.18. The van der Waals surface area contributed by atoms with Crippen LogP contribution in [0.3, 0.4) is 0 Å². The highest BCUT2D eigenvalue weighted by Gasteiger charge is 2.33. The molecule has 2 aromatic carbocycles. The van der Waals surface area contributed by atoms with E-state index in [2.05, 4.69) is 78.1 Å². The number of hydrogen-bond acceptors (Lipinski definition) is 4. The molecule has 4 aromatic rings. The minimum atomic E-state index is 0.211. The largest absolute Gasteiger partial charge is 0.435 e.